The van der Waals surface area contributed by atoms with Gasteiger partial charge in [0.2, 0.25) is 0 Å². The molecule has 1 aromatic rings. The Labute approximate surface area is 112 Å². The first kappa shape index (κ1) is 15.0. The summed E-state index contributed by atoms with van der Waals surface area (Å²) in [6.07, 6.45) is 2.25. The van der Waals surface area contributed by atoms with E-state index in [9.17, 15) is 0 Å². The minimum absolute atomic E-state index is 0.277. The lowest BCUT2D eigenvalue weighted by Crippen LogP contribution is -2.32. The molecular formula is C16H27NO. The molecule has 0 amide bonds. The van der Waals surface area contributed by atoms with E-state index in [4.69, 9.17) is 4.74 Å². The van der Waals surface area contributed by atoms with Crippen molar-refractivity contribution in [3.8, 4) is 0 Å². The van der Waals surface area contributed by atoms with Crippen molar-refractivity contribution in [3.05, 3.63) is 29.8 Å². The van der Waals surface area contributed by atoms with E-state index in [1.807, 2.05) is 13.8 Å². The van der Waals surface area contributed by atoms with Crippen LogP contribution in [0, 0.1) is 0 Å². The highest BCUT2D eigenvalue weighted by Crippen LogP contribution is 2.38. The molecule has 1 heterocycles. The second kappa shape index (κ2) is 6.79. The first-order valence-electron chi connectivity index (χ1n) is 6.98. The van der Waals surface area contributed by atoms with E-state index in [-0.39, 0.29) is 5.41 Å². The minimum Gasteiger partial charge on any atom is -0.381 e. The summed E-state index contributed by atoms with van der Waals surface area (Å²) in [5, 5.41) is 0. The average Bonchev–Trinajstić information content (AvgIpc) is 2.42. The number of benzene rings is 1. The van der Waals surface area contributed by atoms with Gasteiger partial charge in [0.25, 0.3) is 0 Å². The quantitative estimate of drug-likeness (QED) is 0.789. The molecule has 0 spiro atoms. The Bertz CT molecular complexity index is 354. The van der Waals surface area contributed by atoms with Crippen molar-refractivity contribution in [2.75, 3.05) is 32.2 Å². The Morgan fingerprint density at radius 3 is 2.17 bits per heavy atom. The zero-order valence-electron chi connectivity index (χ0n) is 12.5. The van der Waals surface area contributed by atoms with Gasteiger partial charge in [-0.25, -0.2) is 0 Å². The van der Waals surface area contributed by atoms with Gasteiger partial charge in [0.05, 0.1) is 0 Å². The fraction of sp³-hybridized carbons (Fsp3) is 0.625. The molecule has 0 aliphatic carbocycles. The maximum absolute atomic E-state index is 5.47. The molecule has 2 rings (SSSR count). The Morgan fingerprint density at radius 1 is 1.06 bits per heavy atom. The maximum atomic E-state index is 5.47. The van der Waals surface area contributed by atoms with Gasteiger partial charge in [-0.15, -0.1) is 0 Å². The van der Waals surface area contributed by atoms with Gasteiger partial charge in [-0.2, -0.15) is 0 Å². The van der Waals surface area contributed by atoms with Crippen LogP contribution in [0.3, 0.4) is 0 Å². The summed E-state index contributed by atoms with van der Waals surface area (Å²) >= 11 is 0. The molecule has 2 heteroatoms. The standard InChI is InChI=1S/C14H21NO.C2H6/c1-14(8-10-16-11-9-14)12-6-4-5-7-13(12)15(2)3;1-2/h4-7H,8-11H2,1-3H3;1-2H3. The first-order chi connectivity index (χ1) is 8.63. The monoisotopic (exact) mass is 249 g/mol. The van der Waals surface area contributed by atoms with E-state index in [0.29, 0.717) is 0 Å². The van der Waals surface area contributed by atoms with Crippen molar-refractivity contribution < 1.29 is 4.74 Å². The predicted molar refractivity (Wildman–Crippen MR) is 79.5 cm³/mol. The zero-order valence-corrected chi connectivity index (χ0v) is 12.5. The van der Waals surface area contributed by atoms with Gasteiger partial charge in [-0.1, -0.05) is 39.0 Å². The molecule has 0 unspecified atom stereocenters. The van der Waals surface area contributed by atoms with Gasteiger partial charge in [0.15, 0.2) is 0 Å². The average molecular weight is 249 g/mol. The molecule has 2 nitrogen and oxygen atoms in total. The van der Waals surface area contributed by atoms with Crippen molar-refractivity contribution in [1.82, 2.24) is 0 Å². The SMILES string of the molecule is CC.CN(C)c1ccccc1C1(C)CCOCC1. The summed E-state index contributed by atoms with van der Waals surface area (Å²) in [6.45, 7) is 8.13. The fourth-order valence-electron chi connectivity index (χ4n) is 2.47. The Kier molecular flexibility index (Phi) is 5.67. The molecule has 1 saturated heterocycles. The van der Waals surface area contributed by atoms with Crippen molar-refractivity contribution in [2.24, 2.45) is 0 Å². The van der Waals surface area contributed by atoms with Gasteiger partial charge in [-0.3, -0.25) is 0 Å². The number of rotatable bonds is 2. The van der Waals surface area contributed by atoms with Gasteiger partial charge in [0.1, 0.15) is 0 Å². The van der Waals surface area contributed by atoms with Gasteiger partial charge in [-0.05, 0) is 29.9 Å². The van der Waals surface area contributed by atoms with Crippen LogP contribution in [0.4, 0.5) is 5.69 Å². The third-order valence-electron chi connectivity index (χ3n) is 3.63. The molecule has 0 N–H and O–H groups in total. The van der Waals surface area contributed by atoms with Crippen molar-refractivity contribution in [3.63, 3.8) is 0 Å². The van der Waals surface area contributed by atoms with Crippen LogP contribution in [0.25, 0.3) is 0 Å². The second-order valence-corrected chi connectivity index (χ2v) is 5.08. The summed E-state index contributed by atoms with van der Waals surface area (Å²) in [5.41, 5.74) is 3.08. The number of anilines is 1. The summed E-state index contributed by atoms with van der Waals surface area (Å²) < 4.78 is 5.47. The lowest BCUT2D eigenvalue weighted by Gasteiger charge is -2.36. The molecule has 18 heavy (non-hydrogen) atoms. The lowest BCUT2D eigenvalue weighted by atomic mass is 9.75. The van der Waals surface area contributed by atoms with Gasteiger partial charge < -0.3 is 9.64 Å². The largest absolute Gasteiger partial charge is 0.381 e. The molecule has 1 fully saturated rings. The zero-order chi connectivity index (χ0) is 13.6. The number of ether oxygens (including phenoxy) is 1. The molecule has 0 saturated carbocycles. The van der Waals surface area contributed by atoms with Crippen LogP contribution in [0.15, 0.2) is 24.3 Å². The molecule has 1 aliphatic heterocycles. The number of hydrogen-bond donors (Lipinski definition) is 0. The highest BCUT2D eigenvalue weighted by molar-refractivity contribution is 5.55. The Balaban J connectivity index is 0.000000771. The number of para-hydroxylation sites is 1. The van der Waals surface area contributed by atoms with Gasteiger partial charge in [0, 0.05) is 33.0 Å². The number of nitrogens with zero attached hydrogens (tertiary/aromatic N) is 1. The third-order valence-corrected chi connectivity index (χ3v) is 3.63. The third kappa shape index (κ3) is 3.26. The van der Waals surface area contributed by atoms with Crippen LogP contribution < -0.4 is 4.90 Å². The van der Waals surface area contributed by atoms with Crippen molar-refractivity contribution in [2.45, 2.75) is 39.0 Å². The van der Waals surface area contributed by atoms with E-state index in [1.165, 1.54) is 11.3 Å². The Morgan fingerprint density at radius 2 is 1.61 bits per heavy atom. The highest BCUT2D eigenvalue weighted by atomic mass is 16.5. The molecule has 0 aromatic heterocycles. The normalized spacial score (nSPS) is 17.6. The summed E-state index contributed by atoms with van der Waals surface area (Å²) in [4.78, 5) is 2.20. The lowest BCUT2D eigenvalue weighted by molar-refractivity contribution is 0.0566. The topological polar surface area (TPSA) is 12.5 Å². The van der Waals surface area contributed by atoms with E-state index in [0.717, 1.165) is 26.1 Å². The van der Waals surface area contributed by atoms with Crippen LogP contribution in [0.5, 0.6) is 0 Å². The van der Waals surface area contributed by atoms with E-state index >= 15 is 0 Å². The maximum Gasteiger partial charge on any atom is 0.0474 e. The smallest absolute Gasteiger partial charge is 0.0474 e. The van der Waals surface area contributed by atoms with Crippen LogP contribution >= 0.6 is 0 Å². The van der Waals surface area contributed by atoms with Crippen molar-refractivity contribution >= 4 is 5.69 Å². The van der Waals surface area contributed by atoms with Crippen LogP contribution in [-0.4, -0.2) is 27.3 Å². The molecule has 1 aliphatic rings. The highest BCUT2D eigenvalue weighted by Gasteiger charge is 2.31. The Hall–Kier alpha value is -1.02. The first-order valence-corrected chi connectivity index (χ1v) is 6.98. The van der Waals surface area contributed by atoms with E-state index < -0.39 is 0 Å². The van der Waals surface area contributed by atoms with Crippen LogP contribution in [0.2, 0.25) is 0 Å². The van der Waals surface area contributed by atoms with Crippen LogP contribution in [-0.2, 0) is 10.2 Å². The molecule has 102 valence electrons. The molecule has 1 aromatic carbocycles. The van der Waals surface area contributed by atoms with Gasteiger partial charge >= 0.3 is 0 Å². The second-order valence-electron chi connectivity index (χ2n) is 5.08. The predicted octanol–water partition coefficient (Wildman–Crippen LogP) is 3.85. The molecule has 0 atom stereocenters. The summed E-state index contributed by atoms with van der Waals surface area (Å²) in [6, 6.07) is 8.72. The van der Waals surface area contributed by atoms with E-state index in [1.54, 1.807) is 0 Å². The molecule has 0 bridgehead atoms. The summed E-state index contributed by atoms with van der Waals surface area (Å²) in [7, 11) is 4.23. The van der Waals surface area contributed by atoms with E-state index in [2.05, 4.69) is 50.2 Å². The molecule has 0 radical (unpaired) electrons. The minimum atomic E-state index is 0.277. The summed E-state index contributed by atoms with van der Waals surface area (Å²) in [5.74, 6) is 0. The molecular weight excluding hydrogens is 222 g/mol. The number of hydrogen-bond acceptors (Lipinski definition) is 2. The fourth-order valence-corrected chi connectivity index (χ4v) is 2.47. The van der Waals surface area contributed by atoms with Crippen molar-refractivity contribution in [1.29, 1.82) is 0 Å². The van der Waals surface area contributed by atoms with Crippen LogP contribution in [0.1, 0.15) is 39.2 Å².